The summed E-state index contributed by atoms with van der Waals surface area (Å²) >= 11 is 9.04. The van der Waals surface area contributed by atoms with Gasteiger partial charge in [0.25, 0.3) is 0 Å². The molecule has 1 rings (SSSR count). The minimum Gasteiger partial charge on any atom is -0.469 e. The second kappa shape index (κ2) is 5.88. The number of halogens is 2. The predicted molar refractivity (Wildman–Crippen MR) is 64.1 cm³/mol. The van der Waals surface area contributed by atoms with Crippen molar-refractivity contribution in [3.05, 3.63) is 33.3 Å². The second-order valence-corrected chi connectivity index (χ2v) is 4.22. The number of carbonyl (C=O) groups excluding carboxylic acids is 1. The lowest BCUT2D eigenvalue weighted by molar-refractivity contribution is -0.139. The fraction of sp³-hybridized carbons (Fsp3) is 0.273. The van der Waals surface area contributed by atoms with Gasteiger partial charge in [0.05, 0.1) is 19.1 Å². The first-order valence-corrected chi connectivity index (χ1v) is 5.79. The van der Waals surface area contributed by atoms with Crippen LogP contribution < -0.4 is 0 Å². The summed E-state index contributed by atoms with van der Waals surface area (Å²) in [5.74, 6) is -0.0611. The molecule has 0 N–H and O–H groups in total. The van der Waals surface area contributed by atoms with Crippen LogP contribution in [0.25, 0.3) is 0 Å². The van der Waals surface area contributed by atoms with Crippen molar-refractivity contribution in [3.63, 3.8) is 0 Å². The van der Waals surface area contributed by atoms with Crippen molar-refractivity contribution >= 4 is 33.5 Å². The summed E-state index contributed by atoms with van der Waals surface area (Å²) in [6.45, 7) is 0. The Kier molecular flexibility index (Phi) is 4.78. The van der Waals surface area contributed by atoms with Crippen LogP contribution in [0, 0.1) is 11.3 Å². The molecule has 16 heavy (non-hydrogen) atoms. The summed E-state index contributed by atoms with van der Waals surface area (Å²) in [5.41, 5.74) is 2.02. The minimum atomic E-state index is -0.349. The van der Waals surface area contributed by atoms with E-state index in [9.17, 15) is 4.79 Å². The van der Waals surface area contributed by atoms with E-state index in [1.165, 1.54) is 7.11 Å². The highest BCUT2D eigenvalue weighted by Gasteiger charge is 2.11. The van der Waals surface area contributed by atoms with E-state index >= 15 is 0 Å². The van der Waals surface area contributed by atoms with Crippen LogP contribution in [0.4, 0.5) is 0 Å². The summed E-state index contributed by atoms with van der Waals surface area (Å²) in [5, 5.41) is 8.87. The Bertz CT molecular complexity index is 454. The van der Waals surface area contributed by atoms with Crippen LogP contribution in [0.15, 0.2) is 16.6 Å². The van der Waals surface area contributed by atoms with Gasteiger partial charge in [-0.25, -0.2) is 0 Å². The van der Waals surface area contributed by atoms with Crippen LogP contribution in [-0.4, -0.2) is 13.1 Å². The quantitative estimate of drug-likeness (QED) is 0.637. The average molecular weight is 303 g/mol. The van der Waals surface area contributed by atoms with E-state index in [1.807, 2.05) is 6.07 Å². The zero-order chi connectivity index (χ0) is 12.1. The van der Waals surface area contributed by atoms with Gasteiger partial charge < -0.3 is 4.74 Å². The molecule has 0 fully saturated rings. The van der Waals surface area contributed by atoms with Gasteiger partial charge in [0.15, 0.2) is 0 Å². The number of ether oxygens (including phenoxy) is 1. The number of methoxy groups -OCH3 is 1. The Morgan fingerprint density at radius 1 is 1.56 bits per heavy atom. The van der Waals surface area contributed by atoms with Gasteiger partial charge in [-0.1, -0.05) is 0 Å². The molecular weight excluding hydrogens is 293 g/mol. The third-order valence-corrected chi connectivity index (χ3v) is 3.06. The van der Waals surface area contributed by atoms with Crippen molar-refractivity contribution in [1.82, 2.24) is 0 Å². The molecule has 3 nitrogen and oxygen atoms in total. The van der Waals surface area contributed by atoms with Crippen molar-refractivity contribution < 1.29 is 9.53 Å². The minimum absolute atomic E-state index is 0.126. The molecule has 5 heteroatoms. The topological polar surface area (TPSA) is 50.1 Å². The van der Waals surface area contributed by atoms with Gasteiger partial charge in [0.2, 0.25) is 0 Å². The number of carbonyl (C=O) groups is 1. The highest BCUT2D eigenvalue weighted by Crippen LogP contribution is 2.23. The standard InChI is InChI=1S/C11H9BrClNO2/c1-16-11(15)4-7-2-9(6-14)10(12)3-8(7)5-13/h2-3H,4-5H2,1H3. The first-order chi connectivity index (χ1) is 7.62. The summed E-state index contributed by atoms with van der Waals surface area (Å²) in [6.07, 6.45) is 0.126. The molecule has 0 aromatic heterocycles. The molecule has 0 saturated heterocycles. The Balaban J connectivity index is 3.15. The molecule has 1 aromatic rings. The fourth-order valence-electron chi connectivity index (χ4n) is 1.26. The molecule has 0 saturated carbocycles. The number of nitriles is 1. The van der Waals surface area contributed by atoms with Gasteiger partial charge in [-0.15, -0.1) is 11.6 Å². The first kappa shape index (κ1) is 13.0. The predicted octanol–water partition coefficient (Wildman–Crippen LogP) is 2.78. The van der Waals surface area contributed by atoms with E-state index in [2.05, 4.69) is 20.7 Å². The van der Waals surface area contributed by atoms with Crippen molar-refractivity contribution in [2.45, 2.75) is 12.3 Å². The average Bonchev–Trinajstić information content (AvgIpc) is 2.30. The van der Waals surface area contributed by atoms with E-state index in [-0.39, 0.29) is 18.3 Å². The van der Waals surface area contributed by atoms with Gasteiger partial charge in [-0.2, -0.15) is 5.26 Å². The van der Waals surface area contributed by atoms with Gasteiger partial charge >= 0.3 is 5.97 Å². The Hall–Kier alpha value is -1.05. The number of benzene rings is 1. The van der Waals surface area contributed by atoms with E-state index in [0.29, 0.717) is 10.0 Å². The van der Waals surface area contributed by atoms with E-state index < -0.39 is 0 Å². The third kappa shape index (κ3) is 2.97. The largest absolute Gasteiger partial charge is 0.469 e. The van der Waals surface area contributed by atoms with Gasteiger partial charge in [-0.05, 0) is 39.2 Å². The Morgan fingerprint density at radius 2 is 2.25 bits per heavy atom. The number of nitrogens with zero attached hydrogens (tertiary/aromatic N) is 1. The smallest absolute Gasteiger partial charge is 0.309 e. The molecule has 0 aliphatic carbocycles. The van der Waals surface area contributed by atoms with Crippen molar-refractivity contribution in [3.8, 4) is 6.07 Å². The normalized spacial score (nSPS) is 9.62. The van der Waals surface area contributed by atoms with Crippen molar-refractivity contribution in [1.29, 1.82) is 5.26 Å². The lowest BCUT2D eigenvalue weighted by Gasteiger charge is -2.08. The van der Waals surface area contributed by atoms with Crippen LogP contribution >= 0.6 is 27.5 Å². The molecule has 0 aliphatic heterocycles. The SMILES string of the molecule is COC(=O)Cc1cc(C#N)c(Br)cc1CCl. The van der Waals surface area contributed by atoms with Crippen LogP contribution in [-0.2, 0) is 21.8 Å². The van der Waals surface area contributed by atoms with Crippen LogP contribution in [0.5, 0.6) is 0 Å². The van der Waals surface area contributed by atoms with E-state index in [0.717, 1.165) is 11.1 Å². The molecule has 0 spiro atoms. The van der Waals surface area contributed by atoms with Crippen molar-refractivity contribution in [2.75, 3.05) is 7.11 Å². The molecule has 0 atom stereocenters. The first-order valence-electron chi connectivity index (χ1n) is 4.46. The monoisotopic (exact) mass is 301 g/mol. The highest BCUT2D eigenvalue weighted by atomic mass is 79.9. The van der Waals surface area contributed by atoms with Gasteiger partial charge in [0, 0.05) is 10.4 Å². The molecule has 1 aromatic carbocycles. The Morgan fingerprint density at radius 3 is 2.75 bits per heavy atom. The fourth-order valence-corrected chi connectivity index (χ4v) is 1.99. The van der Waals surface area contributed by atoms with E-state index in [4.69, 9.17) is 16.9 Å². The van der Waals surface area contributed by atoms with Gasteiger partial charge in [-0.3, -0.25) is 4.79 Å². The van der Waals surface area contributed by atoms with Gasteiger partial charge in [0.1, 0.15) is 6.07 Å². The van der Waals surface area contributed by atoms with Crippen LogP contribution in [0.1, 0.15) is 16.7 Å². The number of hydrogen-bond donors (Lipinski definition) is 0. The number of esters is 1. The molecule has 0 aliphatic rings. The summed E-state index contributed by atoms with van der Waals surface area (Å²) in [6, 6.07) is 5.44. The summed E-state index contributed by atoms with van der Waals surface area (Å²) < 4.78 is 5.26. The number of rotatable bonds is 3. The highest BCUT2D eigenvalue weighted by molar-refractivity contribution is 9.10. The molecule has 0 radical (unpaired) electrons. The zero-order valence-corrected chi connectivity index (χ0v) is 10.9. The molecule has 0 amide bonds. The third-order valence-electron chi connectivity index (χ3n) is 2.12. The number of alkyl halides is 1. The van der Waals surface area contributed by atoms with Crippen LogP contribution in [0.3, 0.4) is 0 Å². The molecule has 0 unspecified atom stereocenters. The maximum atomic E-state index is 11.2. The van der Waals surface area contributed by atoms with Crippen molar-refractivity contribution in [2.24, 2.45) is 0 Å². The molecule has 0 bridgehead atoms. The summed E-state index contributed by atoms with van der Waals surface area (Å²) in [4.78, 5) is 11.2. The second-order valence-electron chi connectivity index (χ2n) is 3.10. The summed E-state index contributed by atoms with van der Waals surface area (Å²) in [7, 11) is 1.33. The molecule has 0 heterocycles. The van der Waals surface area contributed by atoms with E-state index in [1.54, 1.807) is 12.1 Å². The number of hydrogen-bond acceptors (Lipinski definition) is 3. The molecular formula is C11H9BrClNO2. The maximum absolute atomic E-state index is 11.2. The lowest BCUT2D eigenvalue weighted by Crippen LogP contribution is -2.07. The molecule has 84 valence electrons. The lowest BCUT2D eigenvalue weighted by atomic mass is 10.0. The Labute approximate surface area is 107 Å². The van der Waals surface area contributed by atoms with Crippen LogP contribution in [0.2, 0.25) is 0 Å². The maximum Gasteiger partial charge on any atom is 0.309 e. The zero-order valence-electron chi connectivity index (χ0n) is 8.59.